The third-order valence-electron chi connectivity index (χ3n) is 4.13. The van der Waals surface area contributed by atoms with Crippen molar-refractivity contribution < 1.29 is 5.11 Å². The summed E-state index contributed by atoms with van der Waals surface area (Å²) in [4.78, 5) is 0. The van der Waals surface area contributed by atoms with Gasteiger partial charge >= 0.3 is 0 Å². The summed E-state index contributed by atoms with van der Waals surface area (Å²) >= 11 is 0. The second-order valence-corrected chi connectivity index (χ2v) is 5.57. The molecule has 2 heteroatoms. The molecular weight excluding hydrogens is 198 g/mol. The molecule has 0 bridgehead atoms. The highest BCUT2D eigenvalue weighted by Crippen LogP contribution is 2.41. The molecule has 1 aromatic rings. The zero-order chi connectivity index (χ0) is 11.0. The van der Waals surface area contributed by atoms with Crippen molar-refractivity contribution in [3.63, 3.8) is 0 Å². The molecule has 1 N–H and O–H groups in total. The van der Waals surface area contributed by atoms with E-state index in [-0.39, 0.29) is 6.10 Å². The SMILES string of the molecule is OC(c1ccn(CC2CCCC2)c1)C1CC1. The summed E-state index contributed by atoms with van der Waals surface area (Å²) in [6, 6.07) is 2.10. The standard InChI is InChI=1S/C14H21NO/c16-14(12-5-6-12)13-7-8-15(10-13)9-11-3-1-2-4-11/h7-8,10-12,14,16H,1-6,9H2. The van der Waals surface area contributed by atoms with Crippen molar-refractivity contribution in [3.05, 3.63) is 24.0 Å². The van der Waals surface area contributed by atoms with Crippen molar-refractivity contribution in [1.29, 1.82) is 0 Å². The van der Waals surface area contributed by atoms with Gasteiger partial charge in [0.25, 0.3) is 0 Å². The van der Waals surface area contributed by atoms with E-state index in [1.54, 1.807) is 0 Å². The Kier molecular flexibility index (Phi) is 2.76. The maximum atomic E-state index is 10.0. The predicted molar refractivity (Wildman–Crippen MR) is 64.1 cm³/mol. The molecule has 88 valence electrons. The van der Waals surface area contributed by atoms with E-state index in [0.717, 1.165) is 18.0 Å². The fraction of sp³-hybridized carbons (Fsp3) is 0.714. The monoisotopic (exact) mass is 219 g/mol. The molecular formula is C14H21NO. The number of aliphatic hydroxyl groups excluding tert-OH is 1. The van der Waals surface area contributed by atoms with Gasteiger partial charge in [0.15, 0.2) is 0 Å². The van der Waals surface area contributed by atoms with Crippen molar-refractivity contribution in [2.24, 2.45) is 11.8 Å². The van der Waals surface area contributed by atoms with Gasteiger partial charge in [-0.25, -0.2) is 0 Å². The third-order valence-corrected chi connectivity index (χ3v) is 4.13. The molecule has 1 heterocycles. The topological polar surface area (TPSA) is 25.2 Å². The zero-order valence-corrected chi connectivity index (χ0v) is 9.81. The molecule has 0 radical (unpaired) electrons. The van der Waals surface area contributed by atoms with Crippen molar-refractivity contribution in [1.82, 2.24) is 4.57 Å². The van der Waals surface area contributed by atoms with Crippen LogP contribution >= 0.6 is 0 Å². The van der Waals surface area contributed by atoms with Gasteiger partial charge in [0.05, 0.1) is 6.10 Å². The van der Waals surface area contributed by atoms with E-state index in [1.165, 1.54) is 38.5 Å². The fourth-order valence-corrected chi connectivity index (χ4v) is 2.92. The Bertz CT molecular complexity index is 347. The minimum Gasteiger partial charge on any atom is -0.388 e. The summed E-state index contributed by atoms with van der Waals surface area (Å²) in [6.45, 7) is 1.15. The minimum absolute atomic E-state index is 0.204. The number of aromatic nitrogens is 1. The third kappa shape index (κ3) is 2.17. The molecule has 2 nitrogen and oxygen atoms in total. The average molecular weight is 219 g/mol. The highest BCUT2D eigenvalue weighted by atomic mass is 16.3. The Balaban J connectivity index is 1.62. The molecule has 0 aromatic carbocycles. The number of aliphatic hydroxyl groups is 1. The number of rotatable bonds is 4. The highest BCUT2D eigenvalue weighted by Gasteiger charge is 2.31. The van der Waals surface area contributed by atoms with Crippen LogP contribution in [0.3, 0.4) is 0 Å². The molecule has 2 saturated carbocycles. The van der Waals surface area contributed by atoms with Crippen LogP contribution in [0.1, 0.15) is 50.2 Å². The van der Waals surface area contributed by atoms with E-state index in [1.807, 2.05) is 0 Å². The maximum absolute atomic E-state index is 10.0. The van der Waals surface area contributed by atoms with Crippen LogP contribution in [0.4, 0.5) is 0 Å². The van der Waals surface area contributed by atoms with Gasteiger partial charge in [0.1, 0.15) is 0 Å². The maximum Gasteiger partial charge on any atom is 0.0832 e. The van der Waals surface area contributed by atoms with Crippen LogP contribution in [0.2, 0.25) is 0 Å². The van der Waals surface area contributed by atoms with Gasteiger partial charge in [-0.05, 0) is 49.1 Å². The van der Waals surface area contributed by atoms with Gasteiger partial charge in [-0.2, -0.15) is 0 Å². The van der Waals surface area contributed by atoms with Crippen LogP contribution in [0, 0.1) is 11.8 Å². The number of hydrogen-bond donors (Lipinski definition) is 1. The van der Waals surface area contributed by atoms with Gasteiger partial charge in [0, 0.05) is 18.9 Å². The summed E-state index contributed by atoms with van der Waals surface area (Å²) in [5, 5.41) is 10.0. The van der Waals surface area contributed by atoms with Crippen molar-refractivity contribution in [3.8, 4) is 0 Å². The lowest BCUT2D eigenvalue weighted by molar-refractivity contribution is 0.153. The summed E-state index contributed by atoms with van der Waals surface area (Å²) in [5.74, 6) is 1.42. The predicted octanol–water partition coefficient (Wildman–Crippen LogP) is 3.12. The summed E-state index contributed by atoms with van der Waals surface area (Å²) in [5.41, 5.74) is 1.13. The molecule has 16 heavy (non-hydrogen) atoms. The second-order valence-electron chi connectivity index (χ2n) is 5.57. The molecule has 3 rings (SSSR count). The molecule has 1 atom stereocenters. The Morgan fingerprint density at radius 2 is 2.00 bits per heavy atom. The second kappa shape index (κ2) is 4.25. The first-order valence-electron chi connectivity index (χ1n) is 6.66. The summed E-state index contributed by atoms with van der Waals surface area (Å²) in [6.07, 6.45) is 12.1. The van der Waals surface area contributed by atoms with E-state index < -0.39 is 0 Å². The Morgan fingerprint density at radius 1 is 1.25 bits per heavy atom. The molecule has 0 amide bonds. The normalized spacial score (nSPS) is 23.8. The molecule has 0 spiro atoms. The highest BCUT2D eigenvalue weighted by molar-refractivity contribution is 5.16. The van der Waals surface area contributed by atoms with E-state index >= 15 is 0 Å². The number of hydrogen-bond acceptors (Lipinski definition) is 1. The average Bonchev–Trinajstić information content (AvgIpc) is 2.82. The molecule has 0 saturated heterocycles. The Labute approximate surface area is 97.3 Å². The van der Waals surface area contributed by atoms with Crippen molar-refractivity contribution in [2.75, 3.05) is 0 Å². The molecule has 2 aliphatic carbocycles. The van der Waals surface area contributed by atoms with E-state index in [9.17, 15) is 5.11 Å². The van der Waals surface area contributed by atoms with Crippen LogP contribution < -0.4 is 0 Å². The lowest BCUT2D eigenvalue weighted by Gasteiger charge is -2.10. The van der Waals surface area contributed by atoms with Crippen LogP contribution in [0.25, 0.3) is 0 Å². The lowest BCUT2D eigenvalue weighted by atomic mass is 10.1. The lowest BCUT2D eigenvalue weighted by Crippen LogP contribution is -2.05. The van der Waals surface area contributed by atoms with E-state index in [4.69, 9.17) is 0 Å². The van der Waals surface area contributed by atoms with Crippen LogP contribution in [-0.4, -0.2) is 9.67 Å². The first-order valence-corrected chi connectivity index (χ1v) is 6.66. The Morgan fingerprint density at radius 3 is 2.69 bits per heavy atom. The van der Waals surface area contributed by atoms with Gasteiger partial charge < -0.3 is 9.67 Å². The van der Waals surface area contributed by atoms with Crippen molar-refractivity contribution in [2.45, 2.75) is 51.2 Å². The molecule has 1 aromatic heterocycles. The van der Waals surface area contributed by atoms with Gasteiger partial charge in [-0.15, -0.1) is 0 Å². The summed E-state index contributed by atoms with van der Waals surface area (Å²) in [7, 11) is 0. The van der Waals surface area contributed by atoms with Crippen LogP contribution in [0.15, 0.2) is 18.5 Å². The molecule has 0 aliphatic heterocycles. The van der Waals surface area contributed by atoms with Crippen molar-refractivity contribution >= 4 is 0 Å². The van der Waals surface area contributed by atoms with E-state index in [2.05, 4.69) is 23.0 Å². The Hall–Kier alpha value is -0.760. The minimum atomic E-state index is -0.204. The first-order chi connectivity index (χ1) is 7.83. The smallest absolute Gasteiger partial charge is 0.0832 e. The van der Waals surface area contributed by atoms with Gasteiger partial charge in [-0.3, -0.25) is 0 Å². The van der Waals surface area contributed by atoms with Gasteiger partial charge in [0.2, 0.25) is 0 Å². The van der Waals surface area contributed by atoms with E-state index in [0.29, 0.717) is 5.92 Å². The molecule has 2 aliphatic rings. The molecule has 1 unspecified atom stereocenters. The largest absolute Gasteiger partial charge is 0.388 e. The molecule has 2 fully saturated rings. The quantitative estimate of drug-likeness (QED) is 0.827. The van der Waals surface area contributed by atoms with Gasteiger partial charge in [-0.1, -0.05) is 12.8 Å². The van der Waals surface area contributed by atoms with Crippen LogP contribution in [0.5, 0.6) is 0 Å². The summed E-state index contributed by atoms with van der Waals surface area (Å²) < 4.78 is 2.27. The zero-order valence-electron chi connectivity index (χ0n) is 9.81. The first kappa shape index (κ1) is 10.4. The van der Waals surface area contributed by atoms with Crippen LogP contribution in [-0.2, 0) is 6.54 Å². The fourth-order valence-electron chi connectivity index (χ4n) is 2.92. The number of nitrogens with zero attached hydrogens (tertiary/aromatic N) is 1.